The van der Waals surface area contributed by atoms with Gasteiger partial charge in [0.1, 0.15) is 27.3 Å². The van der Waals surface area contributed by atoms with Gasteiger partial charge in [0.15, 0.2) is 0 Å². The molecule has 11 heteroatoms. The lowest BCUT2D eigenvalue weighted by atomic mass is 9.92. The first-order valence-corrected chi connectivity index (χ1v) is 12.6. The number of alkyl halides is 3. The molecule has 3 N–H and O–H groups in total. The van der Waals surface area contributed by atoms with E-state index in [1.165, 1.54) is 13.0 Å². The zero-order valence-electron chi connectivity index (χ0n) is 18.6. The Labute approximate surface area is 194 Å². The number of fused-ring (bicyclic) bond motifs is 1. The van der Waals surface area contributed by atoms with Crippen LogP contribution in [0, 0.1) is 12.7 Å². The van der Waals surface area contributed by atoms with Gasteiger partial charge in [-0.15, -0.1) is 0 Å². The SMILES string of the molecule is Cc1nc(N[C@H](C)c2cc(N)cc(C(F)(F)F)c2F)c2cc(C3CCS(=O)(=O)CC3)ccc2n1. The summed E-state index contributed by atoms with van der Waals surface area (Å²) in [6, 6.07) is 6.44. The summed E-state index contributed by atoms with van der Waals surface area (Å²) in [6.07, 6.45) is -3.86. The largest absolute Gasteiger partial charge is 0.419 e. The smallest absolute Gasteiger partial charge is 0.399 e. The molecule has 1 aliphatic rings. The highest BCUT2D eigenvalue weighted by atomic mass is 32.2. The summed E-state index contributed by atoms with van der Waals surface area (Å²) in [6.45, 7) is 3.20. The van der Waals surface area contributed by atoms with E-state index in [0.29, 0.717) is 41.5 Å². The van der Waals surface area contributed by atoms with Crippen molar-refractivity contribution in [2.45, 2.75) is 44.8 Å². The summed E-state index contributed by atoms with van der Waals surface area (Å²) in [5.41, 5.74) is 5.32. The van der Waals surface area contributed by atoms with Crippen molar-refractivity contribution in [3.05, 3.63) is 58.7 Å². The lowest BCUT2D eigenvalue weighted by Gasteiger charge is -2.23. The molecule has 182 valence electrons. The van der Waals surface area contributed by atoms with Crippen molar-refractivity contribution in [1.82, 2.24) is 9.97 Å². The van der Waals surface area contributed by atoms with Crippen LogP contribution in [0.5, 0.6) is 0 Å². The maximum absolute atomic E-state index is 14.8. The van der Waals surface area contributed by atoms with Crippen molar-refractivity contribution < 1.29 is 26.0 Å². The Morgan fingerprint density at radius 3 is 2.44 bits per heavy atom. The fraction of sp³-hybridized carbons (Fsp3) is 0.391. The molecule has 6 nitrogen and oxygen atoms in total. The molecule has 0 bridgehead atoms. The van der Waals surface area contributed by atoms with Crippen LogP contribution in [0.15, 0.2) is 30.3 Å². The number of rotatable bonds is 4. The Bertz CT molecular complexity index is 1350. The number of nitrogen functional groups attached to an aromatic ring is 1. The molecule has 1 fully saturated rings. The van der Waals surface area contributed by atoms with Gasteiger partial charge in [0.25, 0.3) is 0 Å². The molecule has 3 aromatic rings. The van der Waals surface area contributed by atoms with Gasteiger partial charge in [-0.05, 0) is 62.4 Å². The van der Waals surface area contributed by atoms with E-state index >= 15 is 0 Å². The van der Waals surface area contributed by atoms with Crippen LogP contribution in [0.2, 0.25) is 0 Å². The number of sulfone groups is 1. The van der Waals surface area contributed by atoms with Gasteiger partial charge in [-0.1, -0.05) is 6.07 Å². The first-order valence-electron chi connectivity index (χ1n) is 10.8. The summed E-state index contributed by atoms with van der Waals surface area (Å²) in [5, 5.41) is 3.64. The van der Waals surface area contributed by atoms with E-state index in [1.54, 1.807) is 13.0 Å². The average Bonchev–Trinajstić information content (AvgIpc) is 2.74. The second-order valence-electron chi connectivity index (χ2n) is 8.66. The van der Waals surface area contributed by atoms with Gasteiger partial charge >= 0.3 is 6.18 Å². The Kier molecular flexibility index (Phi) is 6.17. The van der Waals surface area contributed by atoms with Crippen LogP contribution in [0.4, 0.5) is 29.1 Å². The summed E-state index contributed by atoms with van der Waals surface area (Å²) in [4.78, 5) is 8.82. The molecule has 1 aromatic heterocycles. The molecular formula is C23H24F4N4O2S. The van der Waals surface area contributed by atoms with Gasteiger partial charge < -0.3 is 11.1 Å². The third kappa shape index (κ3) is 4.94. The Balaban J connectivity index is 1.71. The molecule has 0 radical (unpaired) electrons. The van der Waals surface area contributed by atoms with Crippen LogP contribution in [0.1, 0.15) is 54.2 Å². The van der Waals surface area contributed by atoms with Crippen LogP contribution in [0.3, 0.4) is 0 Å². The number of hydrogen-bond donors (Lipinski definition) is 2. The Hall–Kier alpha value is -2.95. The predicted octanol–water partition coefficient (Wildman–Crippen LogP) is 5.14. The third-order valence-electron chi connectivity index (χ3n) is 6.11. The molecule has 1 saturated heterocycles. The van der Waals surface area contributed by atoms with E-state index in [9.17, 15) is 26.0 Å². The van der Waals surface area contributed by atoms with Crippen LogP contribution < -0.4 is 11.1 Å². The first kappa shape index (κ1) is 24.2. The van der Waals surface area contributed by atoms with Gasteiger partial charge in [-0.3, -0.25) is 0 Å². The van der Waals surface area contributed by atoms with E-state index in [2.05, 4.69) is 15.3 Å². The summed E-state index contributed by atoms with van der Waals surface area (Å²) in [5.74, 6) is -0.309. The van der Waals surface area contributed by atoms with Crippen molar-refractivity contribution >= 4 is 32.2 Å². The summed E-state index contributed by atoms with van der Waals surface area (Å²) >= 11 is 0. The maximum Gasteiger partial charge on any atom is 0.419 e. The van der Waals surface area contributed by atoms with Crippen molar-refractivity contribution in [3.63, 3.8) is 0 Å². The summed E-state index contributed by atoms with van der Waals surface area (Å²) in [7, 11) is -3.01. The minimum atomic E-state index is -4.88. The number of nitrogens with one attached hydrogen (secondary N) is 1. The Morgan fingerprint density at radius 1 is 1.12 bits per heavy atom. The van der Waals surface area contributed by atoms with E-state index in [-0.39, 0.29) is 28.7 Å². The molecule has 0 spiro atoms. The molecule has 0 unspecified atom stereocenters. The predicted molar refractivity (Wildman–Crippen MR) is 123 cm³/mol. The van der Waals surface area contributed by atoms with Crippen LogP contribution >= 0.6 is 0 Å². The molecule has 4 rings (SSSR count). The van der Waals surface area contributed by atoms with E-state index in [4.69, 9.17) is 5.73 Å². The number of anilines is 2. The average molecular weight is 497 g/mol. The van der Waals surface area contributed by atoms with Gasteiger partial charge in [0.2, 0.25) is 0 Å². The van der Waals surface area contributed by atoms with Gasteiger partial charge in [-0.2, -0.15) is 13.2 Å². The molecule has 2 heterocycles. The number of nitrogens with zero attached hydrogens (tertiary/aromatic N) is 2. The lowest BCUT2D eigenvalue weighted by molar-refractivity contribution is -0.140. The van der Waals surface area contributed by atoms with Crippen molar-refractivity contribution in [2.24, 2.45) is 0 Å². The normalized spacial score (nSPS) is 17.6. The van der Waals surface area contributed by atoms with Crippen molar-refractivity contribution in [2.75, 3.05) is 22.6 Å². The second-order valence-corrected chi connectivity index (χ2v) is 11.0. The quantitative estimate of drug-likeness (QED) is 0.383. The molecule has 2 aromatic carbocycles. The zero-order valence-corrected chi connectivity index (χ0v) is 19.4. The van der Waals surface area contributed by atoms with Gasteiger partial charge in [0, 0.05) is 16.6 Å². The first-order chi connectivity index (χ1) is 15.8. The highest BCUT2D eigenvalue weighted by Gasteiger charge is 2.36. The van der Waals surface area contributed by atoms with E-state index in [1.807, 2.05) is 12.1 Å². The minimum Gasteiger partial charge on any atom is -0.399 e. The monoisotopic (exact) mass is 496 g/mol. The third-order valence-corrected chi connectivity index (χ3v) is 7.82. The minimum absolute atomic E-state index is 0.0558. The van der Waals surface area contributed by atoms with Crippen LogP contribution in [-0.2, 0) is 16.0 Å². The van der Waals surface area contributed by atoms with Gasteiger partial charge in [0.05, 0.1) is 28.6 Å². The number of aryl methyl sites for hydroxylation is 1. The second kappa shape index (κ2) is 8.68. The molecule has 0 amide bonds. The molecule has 1 aliphatic heterocycles. The van der Waals surface area contributed by atoms with Crippen LogP contribution in [0.25, 0.3) is 10.9 Å². The maximum atomic E-state index is 14.8. The van der Waals surface area contributed by atoms with Crippen molar-refractivity contribution in [3.8, 4) is 0 Å². The highest BCUT2D eigenvalue weighted by Crippen LogP contribution is 2.37. The molecule has 1 atom stereocenters. The Morgan fingerprint density at radius 2 is 1.79 bits per heavy atom. The number of hydrogen-bond acceptors (Lipinski definition) is 6. The summed E-state index contributed by atoms with van der Waals surface area (Å²) < 4.78 is 78.1. The molecular weight excluding hydrogens is 472 g/mol. The molecule has 0 aliphatic carbocycles. The number of halogens is 4. The number of aromatic nitrogens is 2. The highest BCUT2D eigenvalue weighted by molar-refractivity contribution is 7.91. The standard InChI is InChI=1S/C23H24F4N4O2S/c1-12(17-10-16(28)11-19(21(17)24)23(25,26)27)29-22-18-9-15(3-4-20(18)30-13(2)31-22)14-5-7-34(32,33)8-6-14/h3-4,9-12,14H,5-8,28H2,1-2H3,(H,29,30,31)/t12-/m1/s1. The fourth-order valence-electron chi connectivity index (χ4n) is 4.32. The molecule has 0 saturated carbocycles. The van der Waals surface area contributed by atoms with Crippen LogP contribution in [-0.4, -0.2) is 29.9 Å². The van der Waals surface area contributed by atoms with E-state index < -0.39 is 33.4 Å². The zero-order chi connectivity index (χ0) is 24.8. The number of nitrogens with two attached hydrogens (primary N) is 1. The number of benzene rings is 2. The lowest BCUT2D eigenvalue weighted by Crippen LogP contribution is -2.22. The fourth-order valence-corrected chi connectivity index (χ4v) is 5.82. The van der Waals surface area contributed by atoms with Gasteiger partial charge in [-0.25, -0.2) is 22.8 Å². The molecule has 34 heavy (non-hydrogen) atoms. The van der Waals surface area contributed by atoms with E-state index in [0.717, 1.165) is 5.56 Å². The topological polar surface area (TPSA) is 98.0 Å². The van der Waals surface area contributed by atoms with Crippen molar-refractivity contribution in [1.29, 1.82) is 0 Å².